The van der Waals surface area contributed by atoms with E-state index in [0.29, 0.717) is 0 Å². The number of rotatable bonds is 2. The second-order valence-corrected chi connectivity index (χ2v) is 3.03. The smallest absolute Gasteiger partial charge is 0.358 e. The van der Waals surface area contributed by atoms with Crippen molar-refractivity contribution in [1.29, 1.82) is 0 Å². The fourth-order valence-electron chi connectivity index (χ4n) is 1.30. The van der Waals surface area contributed by atoms with Crippen molar-refractivity contribution in [3.8, 4) is 11.1 Å². The number of nitro groups is 1. The van der Waals surface area contributed by atoms with Crippen LogP contribution in [-0.2, 0) is 0 Å². The largest absolute Gasteiger partial charge is 0.363 e. The first-order valence-corrected chi connectivity index (χ1v) is 4.43. The van der Waals surface area contributed by atoms with Gasteiger partial charge in [0, 0.05) is 11.6 Å². The van der Waals surface area contributed by atoms with Crippen molar-refractivity contribution in [2.75, 3.05) is 0 Å². The quantitative estimate of drug-likeness (QED) is 0.553. The van der Waals surface area contributed by atoms with Gasteiger partial charge in [-0.15, -0.1) is 0 Å². The van der Waals surface area contributed by atoms with Crippen LogP contribution in [0.4, 0.5) is 5.82 Å². The van der Waals surface area contributed by atoms with Gasteiger partial charge in [-0.3, -0.25) is 0 Å². The second kappa shape index (κ2) is 3.88. The number of aromatic nitrogens is 1. The Labute approximate surface area is 86.4 Å². The van der Waals surface area contributed by atoms with E-state index in [0.717, 1.165) is 11.1 Å². The zero-order valence-corrected chi connectivity index (χ0v) is 7.83. The third-order valence-electron chi connectivity index (χ3n) is 2.04. The van der Waals surface area contributed by atoms with Crippen LogP contribution in [0.1, 0.15) is 0 Å². The minimum absolute atomic E-state index is 0.130. The van der Waals surface area contributed by atoms with Gasteiger partial charge in [0.15, 0.2) is 0 Å². The average molecular weight is 200 g/mol. The van der Waals surface area contributed by atoms with Crippen molar-refractivity contribution < 1.29 is 4.92 Å². The van der Waals surface area contributed by atoms with Gasteiger partial charge < -0.3 is 10.1 Å². The van der Waals surface area contributed by atoms with E-state index in [1.807, 2.05) is 30.3 Å². The minimum atomic E-state index is -0.505. The summed E-state index contributed by atoms with van der Waals surface area (Å²) >= 11 is 0. The predicted octanol–water partition coefficient (Wildman–Crippen LogP) is 2.66. The topological polar surface area (TPSA) is 56.0 Å². The van der Waals surface area contributed by atoms with Crippen molar-refractivity contribution in [2.45, 2.75) is 0 Å². The molecule has 1 aromatic heterocycles. The fourth-order valence-corrected chi connectivity index (χ4v) is 1.30. The highest BCUT2D eigenvalue weighted by Crippen LogP contribution is 2.19. The molecule has 4 nitrogen and oxygen atoms in total. The summed E-state index contributed by atoms with van der Waals surface area (Å²) in [6, 6.07) is 12.7. The molecule has 0 saturated carbocycles. The molecule has 0 bridgehead atoms. The maximum atomic E-state index is 10.4. The Morgan fingerprint density at radius 3 is 2.27 bits per heavy atom. The van der Waals surface area contributed by atoms with Crippen LogP contribution in [0.5, 0.6) is 0 Å². The predicted molar refractivity (Wildman–Crippen MR) is 56.3 cm³/mol. The molecule has 0 N–H and O–H groups in total. The second-order valence-electron chi connectivity index (χ2n) is 3.03. The van der Waals surface area contributed by atoms with Gasteiger partial charge in [0.2, 0.25) is 0 Å². The minimum Gasteiger partial charge on any atom is -0.358 e. The maximum Gasteiger partial charge on any atom is 0.363 e. The van der Waals surface area contributed by atoms with Gasteiger partial charge in [0.25, 0.3) is 0 Å². The Morgan fingerprint density at radius 1 is 1.00 bits per heavy atom. The maximum absolute atomic E-state index is 10.4. The Kier molecular flexibility index (Phi) is 2.41. The van der Waals surface area contributed by atoms with Crippen LogP contribution in [0.25, 0.3) is 11.1 Å². The van der Waals surface area contributed by atoms with Gasteiger partial charge in [0.1, 0.15) is 6.20 Å². The Hall–Kier alpha value is -2.23. The number of pyridine rings is 1. The fraction of sp³-hybridized carbons (Fsp3) is 0. The van der Waals surface area contributed by atoms with Crippen LogP contribution in [0.15, 0.2) is 48.7 Å². The normalized spacial score (nSPS) is 9.87. The summed E-state index contributed by atoms with van der Waals surface area (Å²) in [5, 5.41) is 10.4. The highest BCUT2D eigenvalue weighted by Gasteiger charge is 2.06. The van der Waals surface area contributed by atoms with Crippen molar-refractivity contribution in [3.63, 3.8) is 0 Å². The highest BCUT2D eigenvalue weighted by atomic mass is 16.6. The van der Waals surface area contributed by atoms with Crippen molar-refractivity contribution in [3.05, 3.63) is 58.8 Å². The summed E-state index contributed by atoms with van der Waals surface area (Å²) in [7, 11) is 0. The molecule has 0 unspecified atom stereocenters. The first kappa shape index (κ1) is 9.33. The molecule has 15 heavy (non-hydrogen) atoms. The molecular formula is C11H8N2O2. The molecule has 0 spiro atoms. The molecule has 0 amide bonds. The van der Waals surface area contributed by atoms with Crippen molar-refractivity contribution >= 4 is 5.82 Å². The number of benzene rings is 1. The standard InChI is InChI=1S/C11H8N2O2/c14-13(15)11-7-6-10(8-12-11)9-4-2-1-3-5-9/h1-8H. The summed E-state index contributed by atoms with van der Waals surface area (Å²) in [4.78, 5) is 13.6. The lowest BCUT2D eigenvalue weighted by molar-refractivity contribution is -0.389. The van der Waals surface area contributed by atoms with Gasteiger partial charge in [0.05, 0.1) is 0 Å². The van der Waals surface area contributed by atoms with Crippen LogP contribution < -0.4 is 0 Å². The molecule has 0 fully saturated rings. The van der Waals surface area contributed by atoms with E-state index >= 15 is 0 Å². The van der Waals surface area contributed by atoms with E-state index in [1.54, 1.807) is 6.07 Å². The first-order chi connectivity index (χ1) is 7.27. The van der Waals surface area contributed by atoms with Crippen LogP contribution in [0.3, 0.4) is 0 Å². The van der Waals surface area contributed by atoms with Gasteiger partial charge in [-0.25, -0.2) is 0 Å². The van der Waals surface area contributed by atoms with Gasteiger partial charge in [-0.05, 0) is 21.5 Å². The summed E-state index contributed by atoms with van der Waals surface area (Å²) in [5.74, 6) is -0.130. The van der Waals surface area contributed by atoms with E-state index in [9.17, 15) is 10.1 Å². The summed E-state index contributed by atoms with van der Waals surface area (Å²) in [5.41, 5.74) is 1.88. The summed E-state index contributed by atoms with van der Waals surface area (Å²) in [6.45, 7) is 0. The van der Waals surface area contributed by atoms with E-state index in [1.165, 1.54) is 12.3 Å². The third kappa shape index (κ3) is 1.99. The van der Waals surface area contributed by atoms with Crippen LogP contribution in [0.2, 0.25) is 0 Å². The molecule has 0 aliphatic heterocycles. The van der Waals surface area contributed by atoms with Crippen LogP contribution in [-0.4, -0.2) is 9.91 Å². The SMILES string of the molecule is O=[N+]([O-])c1ccc(-c2ccccc2)cn1. The Balaban J connectivity index is 2.36. The number of hydrogen-bond acceptors (Lipinski definition) is 3. The molecule has 0 aliphatic carbocycles. The molecule has 4 heteroatoms. The summed E-state index contributed by atoms with van der Waals surface area (Å²) < 4.78 is 0. The van der Waals surface area contributed by atoms with Crippen molar-refractivity contribution in [2.24, 2.45) is 0 Å². The zero-order valence-electron chi connectivity index (χ0n) is 7.83. The summed E-state index contributed by atoms with van der Waals surface area (Å²) in [6.07, 6.45) is 1.51. The molecule has 0 aliphatic rings. The van der Waals surface area contributed by atoms with Gasteiger partial charge in [-0.1, -0.05) is 30.3 Å². The lowest BCUT2D eigenvalue weighted by atomic mass is 10.1. The highest BCUT2D eigenvalue weighted by molar-refractivity contribution is 5.62. The molecule has 0 radical (unpaired) electrons. The molecule has 0 atom stereocenters. The van der Waals surface area contributed by atoms with E-state index < -0.39 is 4.92 Å². The lowest BCUT2D eigenvalue weighted by Gasteiger charge is -1.97. The number of nitrogens with zero attached hydrogens (tertiary/aromatic N) is 2. The molecule has 2 aromatic rings. The van der Waals surface area contributed by atoms with Gasteiger partial charge in [-0.2, -0.15) is 0 Å². The van der Waals surface area contributed by atoms with Gasteiger partial charge >= 0.3 is 5.82 Å². The Bertz CT molecular complexity index is 466. The van der Waals surface area contributed by atoms with E-state index in [2.05, 4.69) is 4.98 Å². The molecule has 0 saturated heterocycles. The van der Waals surface area contributed by atoms with Crippen LogP contribution >= 0.6 is 0 Å². The Morgan fingerprint density at radius 2 is 1.73 bits per heavy atom. The molecule has 74 valence electrons. The van der Waals surface area contributed by atoms with E-state index in [-0.39, 0.29) is 5.82 Å². The van der Waals surface area contributed by atoms with Crippen LogP contribution in [0, 0.1) is 10.1 Å². The zero-order chi connectivity index (χ0) is 10.7. The van der Waals surface area contributed by atoms with E-state index in [4.69, 9.17) is 0 Å². The lowest BCUT2D eigenvalue weighted by Crippen LogP contribution is -1.91. The first-order valence-electron chi connectivity index (χ1n) is 4.43. The molecule has 1 aromatic carbocycles. The monoisotopic (exact) mass is 200 g/mol. The van der Waals surface area contributed by atoms with Crippen molar-refractivity contribution in [1.82, 2.24) is 4.98 Å². The molecule has 2 rings (SSSR count). The number of hydrogen-bond donors (Lipinski definition) is 0. The average Bonchev–Trinajstić information content (AvgIpc) is 2.30. The molecular weight excluding hydrogens is 192 g/mol. The molecule has 1 heterocycles. The third-order valence-corrected chi connectivity index (χ3v) is 2.04.